The van der Waals surface area contributed by atoms with Crippen molar-refractivity contribution in [1.82, 2.24) is 0 Å². The van der Waals surface area contributed by atoms with Crippen molar-refractivity contribution in [3.63, 3.8) is 0 Å². The Bertz CT molecular complexity index is 1640. The Morgan fingerprint density at radius 3 is 1.52 bits per heavy atom. The van der Waals surface area contributed by atoms with E-state index in [9.17, 15) is 14.4 Å². The topological polar surface area (TPSA) is 145 Å². The highest BCUT2D eigenvalue weighted by molar-refractivity contribution is 6.00. The number of phenols is 1. The van der Waals surface area contributed by atoms with Crippen molar-refractivity contribution in [2.75, 3.05) is 49.3 Å². The lowest BCUT2D eigenvalue weighted by atomic mass is 10.1. The van der Waals surface area contributed by atoms with Crippen LogP contribution in [-0.2, 0) is 9.53 Å². The maximum Gasteiger partial charge on any atom is 0.293 e. The number of methoxy groups -OCH3 is 6. The van der Waals surface area contributed by atoms with Crippen LogP contribution in [0, 0.1) is 0 Å². The van der Waals surface area contributed by atoms with Gasteiger partial charge in [0.1, 0.15) is 6.61 Å². The lowest BCUT2D eigenvalue weighted by Crippen LogP contribution is -2.32. The van der Waals surface area contributed by atoms with Crippen molar-refractivity contribution < 1.29 is 57.4 Å². The molecule has 0 bridgehead atoms. The molecule has 0 aliphatic carbocycles. The second-order valence-corrected chi connectivity index (χ2v) is 9.64. The van der Waals surface area contributed by atoms with Gasteiger partial charge in [0.25, 0.3) is 6.47 Å². The number of para-hydroxylation sites is 4. The van der Waals surface area contributed by atoms with Gasteiger partial charge >= 0.3 is 0 Å². The maximum absolute atomic E-state index is 12.9. The first-order chi connectivity index (χ1) is 23.7. The Hall–Kier alpha value is -5.91. The van der Waals surface area contributed by atoms with Gasteiger partial charge in [0, 0.05) is 17.5 Å². The molecule has 50 heavy (non-hydrogen) atoms. The lowest BCUT2D eigenvalue weighted by molar-refractivity contribution is -0.130. The maximum atomic E-state index is 12.9. The minimum atomic E-state index is -1.05. The van der Waals surface area contributed by atoms with Crippen LogP contribution in [0.5, 0.6) is 46.0 Å². The van der Waals surface area contributed by atoms with Crippen LogP contribution in [0.3, 0.4) is 0 Å². The number of hydrogen-bond donors (Lipinski definition) is 1. The number of aromatic hydroxyl groups is 1. The van der Waals surface area contributed by atoms with Crippen LogP contribution in [0.4, 0.5) is 0 Å². The summed E-state index contributed by atoms with van der Waals surface area (Å²) in [5.74, 6) is 3.38. The van der Waals surface area contributed by atoms with Crippen LogP contribution in [0.25, 0.3) is 0 Å². The van der Waals surface area contributed by atoms with E-state index in [4.69, 9.17) is 43.0 Å². The van der Waals surface area contributed by atoms with E-state index in [0.717, 1.165) is 0 Å². The zero-order chi connectivity index (χ0) is 36.2. The average Bonchev–Trinajstić information content (AvgIpc) is 3.16. The summed E-state index contributed by atoms with van der Waals surface area (Å²) in [4.78, 5) is 34.8. The molecule has 1 atom stereocenters. The summed E-state index contributed by atoms with van der Waals surface area (Å²) in [5, 5.41) is 8.99. The van der Waals surface area contributed by atoms with Gasteiger partial charge in [-0.25, -0.2) is 0 Å². The Balaban J connectivity index is 0.000000433. The van der Waals surface area contributed by atoms with Gasteiger partial charge in [-0.1, -0.05) is 38.6 Å². The van der Waals surface area contributed by atoms with E-state index in [-0.39, 0.29) is 37.8 Å². The molecule has 0 spiro atoms. The van der Waals surface area contributed by atoms with Crippen molar-refractivity contribution in [2.45, 2.75) is 26.9 Å². The van der Waals surface area contributed by atoms with Gasteiger partial charge in [-0.3, -0.25) is 14.4 Å². The first kappa shape index (κ1) is 42.1. The number of hydrogen-bond acceptors (Lipinski definition) is 12. The predicted octanol–water partition coefficient (Wildman–Crippen LogP) is 6.85. The number of phenolic OH excluding ortho intramolecular Hbond substituents is 1. The molecule has 0 amide bonds. The summed E-state index contributed by atoms with van der Waals surface area (Å²) in [6.45, 7) is 1.86. The summed E-state index contributed by atoms with van der Waals surface area (Å²) < 4.78 is 41.1. The smallest absolute Gasteiger partial charge is 0.293 e. The number of Topliss-reactive ketones (excluding diaryl/α,β-unsaturated/α-hetero) is 2. The fourth-order valence-electron chi connectivity index (χ4n) is 4.18. The third kappa shape index (κ3) is 12.3. The number of benzene rings is 4. The normalized spacial score (nSPS) is 10.1. The largest absolute Gasteiger partial charge is 0.504 e. The van der Waals surface area contributed by atoms with Crippen molar-refractivity contribution in [3.05, 3.63) is 96.1 Å². The van der Waals surface area contributed by atoms with E-state index in [1.165, 1.54) is 28.4 Å². The molecule has 0 saturated heterocycles. The summed E-state index contributed by atoms with van der Waals surface area (Å²) in [5.41, 5.74) is 0.988. The first-order valence-corrected chi connectivity index (χ1v) is 14.9. The van der Waals surface area contributed by atoms with E-state index < -0.39 is 6.10 Å². The van der Waals surface area contributed by atoms with Crippen molar-refractivity contribution >= 4 is 18.0 Å². The van der Waals surface area contributed by atoms with Crippen molar-refractivity contribution in [3.8, 4) is 46.0 Å². The molecule has 270 valence electrons. The molecule has 0 aliphatic heterocycles. The Morgan fingerprint density at radius 2 is 1.06 bits per heavy atom. The molecular formula is C38H46O12. The highest BCUT2D eigenvalue weighted by atomic mass is 16.6. The highest BCUT2D eigenvalue weighted by Crippen LogP contribution is 2.31. The molecule has 4 aromatic carbocycles. The van der Waals surface area contributed by atoms with Crippen LogP contribution in [0.15, 0.2) is 84.9 Å². The predicted molar refractivity (Wildman–Crippen MR) is 189 cm³/mol. The summed E-state index contributed by atoms with van der Waals surface area (Å²) >= 11 is 0. The standard InChI is InChI=1S/C19H20O7.C11H14O3.C7H8O2.CH4/c1-22-14-6-4-5-7-16(14)26-18(11-25-12-20)19(21)13-8-9-15(23-2)17(10-13)24-3;1-4-9(12)8-5-6-10(13-2)11(7-8)14-3;1-9-7-5-3-2-4-6(7)8;/h4-10,12,18H,11H2,1-3H3;5-7H,4H2,1-3H3;2-5,8H,1H3;1H4. The SMILES string of the molecule is C.CCC(=O)c1ccc(OC)c(OC)c1.COc1ccc(C(=O)C(COC=O)Oc2ccccc2OC)cc1OC.COc1ccccc1O. The average molecular weight is 695 g/mol. The zero-order valence-electron chi connectivity index (χ0n) is 28.6. The number of ether oxygens (including phenoxy) is 8. The van der Waals surface area contributed by atoms with E-state index in [0.29, 0.717) is 57.8 Å². The molecule has 0 heterocycles. The van der Waals surface area contributed by atoms with Gasteiger partial charge in [0.2, 0.25) is 5.78 Å². The second kappa shape index (κ2) is 22.6. The van der Waals surface area contributed by atoms with Gasteiger partial charge in [-0.05, 0) is 60.7 Å². The molecule has 0 aromatic heterocycles. The fourth-order valence-corrected chi connectivity index (χ4v) is 4.18. The van der Waals surface area contributed by atoms with E-state index in [1.54, 1.807) is 99.1 Å². The van der Waals surface area contributed by atoms with Crippen molar-refractivity contribution in [2.24, 2.45) is 0 Å². The highest BCUT2D eigenvalue weighted by Gasteiger charge is 2.25. The monoisotopic (exact) mass is 694 g/mol. The molecule has 0 saturated carbocycles. The summed E-state index contributed by atoms with van der Waals surface area (Å²) in [6, 6.07) is 23.7. The number of rotatable bonds is 15. The van der Waals surface area contributed by atoms with Crippen LogP contribution in [0.2, 0.25) is 0 Å². The Labute approximate surface area is 293 Å². The second-order valence-electron chi connectivity index (χ2n) is 9.64. The minimum Gasteiger partial charge on any atom is -0.504 e. The van der Waals surface area contributed by atoms with Gasteiger partial charge in [-0.2, -0.15) is 0 Å². The molecule has 4 aromatic rings. The van der Waals surface area contributed by atoms with Crippen molar-refractivity contribution in [1.29, 1.82) is 0 Å². The molecule has 0 fully saturated rings. The number of carbonyl (C=O) groups is 3. The minimum absolute atomic E-state index is 0. The summed E-state index contributed by atoms with van der Waals surface area (Å²) in [6.07, 6.45) is -0.551. The van der Waals surface area contributed by atoms with Crippen LogP contribution in [0.1, 0.15) is 41.5 Å². The number of carbonyl (C=O) groups excluding carboxylic acids is 3. The Kier molecular flexibility index (Phi) is 19.1. The first-order valence-electron chi connectivity index (χ1n) is 14.9. The van der Waals surface area contributed by atoms with Crippen LogP contribution >= 0.6 is 0 Å². The van der Waals surface area contributed by atoms with Gasteiger partial charge in [0.05, 0.1) is 42.7 Å². The fraction of sp³-hybridized carbons (Fsp3) is 0.289. The van der Waals surface area contributed by atoms with Gasteiger partial charge < -0.3 is 43.0 Å². The van der Waals surface area contributed by atoms with Crippen LogP contribution in [-0.4, -0.2) is 78.5 Å². The van der Waals surface area contributed by atoms with Gasteiger partial charge in [0.15, 0.2) is 57.9 Å². The van der Waals surface area contributed by atoms with Gasteiger partial charge in [-0.15, -0.1) is 0 Å². The molecule has 4 rings (SSSR count). The third-order valence-electron chi connectivity index (χ3n) is 6.73. The lowest BCUT2D eigenvalue weighted by Gasteiger charge is -2.19. The Morgan fingerprint density at radius 1 is 0.620 bits per heavy atom. The molecule has 0 aliphatic rings. The molecular weight excluding hydrogens is 648 g/mol. The number of ketones is 2. The van der Waals surface area contributed by atoms with E-state index in [1.807, 2.05) is 6.92 Å². The van der Waals surface area contributed by atoms with E-state index >= 15 is 0 Å². The molecule has 12 heteroatoms. The summed E-state index contributed by atoms with van der Waals surface area (Å²) in [7, 11) is 9.12. The van der Waals surface area contributed by atoms with E-state index in [2.05, 4.69) is 0 Å². The van der Waals surface area contributed by atoms with Crippen LogP contribution < -0.4 is 33.2 Å². The quantitative estimate of drug-likeness (QED) is 0.103. The molecule has 0 radical (unpaired) electrons. The third-order valence-corrected chi connectivity index (χ3v) is 6.73. The molecule has 1 N–H and O–H groups in total. The molecule has 12 nitrogen and oxygen atoms in total. The molecule has 1 unspecified atom stereocenters. The zero-order valence-corrected chi connectivity index (χ0v) is 28.6.